The van der Waals surface area contributed by atoms with E-state index >= 15 is 0 Å². The van der Waals surface area contributed by atoms with Crippen LogP contribution in [-0.4, -0.2) is 44.5 Å². The molecule has 0 bridgehead atoms. The number of pyridine rings is 1. The van der Waals surface area contributed by atoms with E-state index in [0.717, 1.165) is 67.8 Å². The Morgan fingerprint density at radius 3 is 2.04 bits per heavy atom. The Labute approximate surface area is 329 Å². The summed E-state index contributed by atoms with van der Waals surface area (Å²) in [5.74, 6) is 4.24. The summed E-state index contributed by atoms with van der Waals surface area (Å²) in [5.41, 5.74) is 9.43. The lowest BCUT2D eigenvalue weighted by atomic mass is 9.77. The first-order valence-corrected chi connectivity index (χ1v) is 18.9. The first kappa shape index (κ1) is 34.9. The molecular formula is C46H36ClN9. The highest BCUT2D eigenvalue weighted by Crippen LogP contribution is 2.41. The van der Waals surface area contributed by atoms with Crippen molar-refractivity contribution in [2.24, 2.45) is 0 Å². The summed E-state index contributed by atoms with van der Waals surface area (Å²) in [6.07, 6.45) is 7.08. The molecule has 0 saturated carbocycles. The molecule has 0 aliphatic rings. The van der Waals surface area contributed by atoms with E-state index in [1.807, 2.05) is 85.8 Å². The average molecular weight is 750 g/mol. The molecule has 9 nitrogen and oxygen atoms in total. The molecule has 9 aromatic rings. The fraction of sp³-hybridized carbons (Fsp3) is 0.130. The number of terminal acetylenes is 1. The molecule has 0 amide bonds. The van der Waals surface area contributed by atoms with Crippen molar-refractivity contribution in [1.82, 2.24) is 44.5 Å². The molecular weight excluding hydrogens is 714 g/mol. The van der Waals surface area contributed by atoms with Gasteiger partial charge in [0.05, 0.1) is 28.3 Å². The Hall–Kier alpha value is -6.89. The van der Waals surface area contributed by atoms with Crippen molar-refractivity contribution in [1.29, 1.82) is 0 Å². The topological polar surface area (TPSA) is 92.1 Å². The molecule has 4 aromatic heterocycles. The van der Waals surface area contributed by atoms with Crippen molar-refractivity contribution in [3.63, 3.8) is 0 Å². The molecule has 0 atom stereocenters. The van der Waals surface area contributed by atoms with Crippen molar-refractivity contribution >= 4 is 33.7 Å². The second-order valence-corrected chi connectivity index (χ2v) is 14.2. The number of hydrogen-bond acceptors (Lipinski definition) is 6. The molecule has 0 aliphatic carbocycles. The van der Waals surface area contributed by atoms with Gasteiger partial charge in [-0.2, -0.15) is 5.10 Å². The summed E-state index contributed by atoms with van der Waals surface area (Å²) in [4.78, 5) is 11.5. The average Bonchev–Trinajstić information content (AvgIpc) is 3.95. The maximum absolute atomic E-state index is 7.06. The Bertz CT molecular complexity index is 2820. The summed E-state index contributed by atoms with van der Waals surface area (Å²) in [6, 6.07) is 44.5. The van der Waals surface area contributed by atoms with Crippen molar-refractivity contribution in [2.75, 3.05) is 0 Å². The highest BCUT2D eigenvalue weighted by atomic mass is 35.5. The molecule has 0 saturated heterocycles. The van der Waals surface area contributed by atoms with Crippen LogP contribution in [0.3, 0.4) is 0 Å². The van der Waals surface area contributed by atoms with Crippen LogP contribution in [0.15, 0.2) is 133 Å². The molecule has 0 fully saturated rings. The van der Waals surface area contributed by atoms with Gasteiger partial charge in [0.15, 0.2) is 11.2 Å². The van der Waals surface area contributed by atoms with Gasteiger partial charge in [0.1, 0.15) is 17.0 Å². The SMILES string of the molecule is C#Cc1c2cc(Cn3c(CC)nc4c(C)cc(C)nc43)ccc2nn1-c1cccc(Cl)c1-c1nnn(C(c2ccccc2)(c2ccccc2)c2ccccc2)n1. The fourth-order valence-corrected chi connectivity index (χ4v) is 8.12. The number of nitrogens with zero attached hydrogens (tertiary/aromatic N) is 9. The van der Waals surface area contributed by atoms with Gasteiger partial charge in [-0.25, -0.2) is 14.6 Å². The summed E-state index contributed by atoms with van der Waals surface area (Å²) in [5, 5.41) is 20.9. The Morgan fingerprint density at radius 2 is 1.41 bits per heavy atom. The maximum atomic E-state index is 7.06. The van der Waals surface area contributed by atoms with Crippen LogP contribution < -0.4 is 0 Å². The largest absolute Gasteiger partial charge is 0.308 e. The van der Waals surface area contributed by atoms with Crippen molar-refractivity contribution in [2.45, 2.75) is 39.3 Å². The van der Waals surface area contributed by atoms with Crippen LogP contribution in [0.4, 0.5) is 0 Å². The molecule has 0 spiro atoms. The number of fused-ring (bicyclic) bond motifs is 2. The lowest BCUT2D eigenvalue weighted by molar-refractivity contribution is 0.396. The minimum Gasteiger partial charge on any atom is -0.308 e. The number of imidazole rings is 1. The van der Waals surface area contributed by atoms with Gasteiger partial charge >= 0.3 is 0 Å². The number of aryl methyl sites for hydroxylation is 3. The summed E-state index contributed by atoms with van der Waals surface area (Å²) < 4.78 is 3.95. The van der Waals surface area contributed by atoms with Crippen LogP contribution in [0.5, 0.6) is 0 Å². The Kier molecular flexibility index (Phi) is 8.76. The van der Waals surface area contributed by atoms with Crippen LogP contribution in [0.25, 0.3) is 39.1 Å². The Balaban J connectivity index is 1.18. The fourth-order valence-electron chi connectivity index (χ4n) is 7.86. The zero-order valence-electron chi connectivity index (χ0n) is 31.1. The van der Waals surface area contributed by atoms with Gasteiger partial charge in [-0.1, -0.05) is 122 Å². The lowest BCUT2D eigenvalue weighted by Crippen LogP contribution is -2.39. The van der Waals surface area contributed by atoms with Gasteiger partial charge in [-0.3, -0.25) is 0 Å². The predicted molar refractivity (Wildman–Crippen MR) is 221 cm³/mol. The second-order valence-electron chi connectivity index (χ2n) is 13.8. The third kappa shape index (κ3) is 5.65. The first-order chi connectivity index (χ1) is 27.4. The standard InChI is InChI=1S/C46H36ClN9/c1-5-39-36-28-32(29-54-41(6-2)49-43-30(3)27-31(4)48-45(43)54)25-26-38(36)51-55(39)40-24-16-23-37(47)42(40)44-50-53-56(52-44)46(33-17-10-7-11-18-33,34-19-12-8-13-20-34)35-21-14-9-15-22-35/h1,7-28H,6,29H2,2-4H3. The van der Waals surface area contributed by atoms with Crippen LogP contribution >= 0.6 is 11.6 Å². The molecule has 4 heterocycles. The minimum absolute atomic E-state index is 0.332. The lowest BCUT2D eigenvalue weighted by Gasteiger charge is -2.34. The smallest absolute Gasteiger partial charge is 0.208 e. The molecule has 5 aromatic carbocycles. The number of rotatable bonds is 9. The van der Waals surface area contributed by atoms with Crippen molar-refractivity contribution < 1.29 is 0 Å². The zero-order chi connectivity index (χ0) is 38.4. The van der Waals surface area contributed by atoms with Gasteiger partial charge in [0.2, 0.25) is 5.82 Å². The van der Waals surface area contributed by atoms with E-state index in [1.165, 1.54) is 0 Å². The number of halogens is 1. The van der Waals surface area contributed by atoms with E-state index in [4.69, 9.17) is 48.5 Å². The van der Waals surface area contributed by atoms with E-state index < -0.39 is 5.54 Å². The van der Waals surface area contributed by atoms with E-state index in [-0.39, 0.29) is 0 Å². The van der Waals surface area contributed by atoms with E-state index in [2.05, 4.69) is 78.9 Å². The molecule has 272 valence electrons. The third-order valence-corrected chi connectivity index (χ3v) is 10.7. The van der Waals surface area contributed by atoms with Gasteiger partial charge in [0.25, 0.3) is 0 Å². The number of hydrogen-bond donors (Lipinski definition) is 0. The van der Waals surface area contributed by atoms with Crippen LogP contribution in [0.1, 0.15) is 52.0 Å². The normalized spacial score (nSPS) is 11.7. The summed E-state index contributed by atoms with van der Waals surface area (Å²) >= 11 is 7.06. The third-order valence-electron chi connectivity index (χ3n) is 10.4. The second kappa shape index (κ2) is 14.1. The Morgan fingerprint density at radius 1 is 0.750 bits per heavy atom. The quantitative estimate of drug-likeness (QED) is 0.108. The van der Waals surface area contributed by atoms with Crippen molar-refractivity contribution in [3.8, 4) is 29.4 Å². The summed E-state index contributed by atoms with van der Waals surface area (Å²) in [6.45, 7) is 6.80. The first-order valence-electron chi connectivity index (χ1n) is 18.5. The number of benzene rings is 5. The van der Waals surface area contributed by atoms with Gasteiger partial charge in [0, 0.05) is 17.5 Å². The molecule has 10 heteroatoms. The van der Waals surface area contributed by atoms with Gasteiger partial charge in [-0.15, -0.1) is 21.4 Å². The predicted octanol–water partition coefficient (Wildman–Crippen LogP) is 9.13. The molecule has 0 unspecified atom stereocenters. The van der Waals surface area contributed by atoms with Crippen LogP contribution in [0, 0.1) is 26.2 Å². The monoisotopic (exact) mass is 749 g/mol. The highest BCUT2D eigenvalue weighted by molar-refractivity contribution is 6.33. The minimum atomic E-state index is -0.956. The highest BCUT2D eigenvalue weighted by Gasteiger charge is 2.41. The van der Waals surface area contributed by atoms with Gasteiger partial charge in [-0.05, 0) is 83.1 Å². The molecule has 9 rings (SSSR count). The summed E-state index contributed by atoms with van der Waals surface area (Å²) in [7, 11) is 0. The van der Waals surface area contributed by atoms with E-state index in [1.54, 1.807) is 9.48 Å². The maximum Gasteiger partial charge on any atom is 0.208 e. The molecule has 0 N–H and O–H groups in total. The molecule has 0 radical (unpaired) electrons. The number of aromatic nitrogens is 9. The van der Waals surface area contributed by atoms with E-state index in [9.17, 15) is 0 Å². The zero-order valence-corrected chi connectivity index (χ0v) is 31.9. The van der Waals surface area contributed by atoms with Gasteiger partial charge < -0.3 is 4.57 Å². The number of tetrazole rings is 1. The molecule has 56 heavy (non-hydrogen) atoms. The van der Waals surface area contributed by atoms with E-state index in [0.29, 0.717) is 34.3 Å². The van der Waals surface area contributed by atoms with Crippen LogP contribution in [0.2, 0.25) is 5.02 Å². The van der Waals surface area contributed by atoms with Crippen molar-refractivity contribution in [3.05, 3.63) is 184 Å². The molecule has 0 aliphatic heterocycles. The van der Waals surface area contributed by atoms with Crippen LogP contribution in [-0.2, 0) is 18.5 Å².